The van der Waals surface area contributed by atoms with Crippen molar-refractivity contribution in [1.29, 1.82) is 0 Å². The maximum Gasteiger partial charge on any atom is 0.256 e. The summed E-state index contributed by atoms with van der Waals surface area (Å²) in [7, 11) is 0. The van der Waals surface area contributed by atoms with Gasteiger partial charge in [0.25, 0.3) is 5.91 Å². The lowest BCUT2D eigenvalue weighted by molar-refractivity contribution is -0.146. The number of amides is 1. The van der Waals surface area contributed by atoms with Crippen LogP contribution in [-0.2, 0) is 10.4 Å². The zero-order chi connectivity index (χ0) is 15.0. The summed E-state index contributed by atoms with van der Waals surface area (Å²) in [5.41, 5.74) is -0.793. The van der Waals surface area contributed by atoms with E-state index in [4.69, 9.17) is 0 Å². The zero-order valence-electron chi connectivity index (χ0n) is 12.7. The van der Waals surface area contributed by atoms with Gasteiger partial charge in [-0.15, -0.1) is 0 Å². The molecule has 2 aliphatic rings. The first-order valence-electron chi connectivity index (χ1n) is 7.82. The Morgan fingerprint density at radius 2 is 1.95 bits per heavy atom. The van der Waals surface area contributed by atoms with Crippen LogP contribution in [-0.4, -0.2) is 30.6 Å². The smallest absolute Gasteiger partial charge is 0.256 e. The average Bonchev–Trinajstić information content (AvgIpc) is 2.93. The first-order valence-corrected chi connectivity index (χ1v) is 7.82. The molecule has 1 saturated heterocycles. The van der Waals surface area contributed by atoms with E-state index in [1.807, 2.05) is 44.2 Å². The van der Waals surface area contributed by atoms with Gasteiger partial charge in [-0.25, -0.2) is 0 Å². The molecule has 1 aliphatic heterocycles. The van der Waals surface area contributed by atoms with Crippen LogP contribution in [0, 0.1) is 23.7 Å². The Hall–Kier alpha value is -1.39. The second kappa shape index (κ2) is 5.43. The summed E-state index contributed by atoms with van der Waals surface area (Å²) in [6, 6.07) is 9.23. The van der Waals surface area contributed by atoms with Crippen molar-refractivity contribution in [2.45, 2.75) is 19.4 Å². The Labute approximate surface area is 125 Å². The van der Waals surface area contributed by atoms with Crippen molar-refractivity contribution in [3.8, 4) is 0 Å². The predicted octanol–water partition coefficient (Wildman–Crippen LogP) is 1.11. The van der Waals surface area contributed by atoms with Crippen molar-refractivity contribution in [2.24, 2.45) is 23.7 Å². The van der Waals surface area contributed by atoms with Gasteiger partial charge in [-0.2, -0.15) is 0 Å². The van der Waals surface area contributed by atoms with Crippen molar-refractivity contribution in [1.82, 2.24) is 10.6 Å². The van der Waals surface area contributed by atoms with Gasteiger partial charge in [0.2, 0.25) is 0 Å². The van der Waals surface area contributed by atoms with E-state index >= 15 is 0 Å². The van der Waals surface area contributed by atoms with Gasteiger partial charge in [0.1, 0.15) is 0 Å². The third-order valence-electron chi connectivity index (χ3n) is 5.16. The van der Waals surface area contributed by atoms with E-state index in [0.29, 0.717) is 29.9 Å². The Morgan fingerprint density at radius 1 is 1.33 bits per heavy atom. The van der Waals surface area contributed by atoms with Crippen LogP contribution in [0.1, 0.15) is 19.4 Å². The number of benzene rings is 1. The highest BCUT2D eigenvalue weighted by atomic mass is 16.3. The number of aliphatic hydroxyl groups is 1. The fourth-order valence-electron chi connectivity index (χ4n) is 3.61. The zero-order valence-corrected chi connectivity index (χ0v) is 12.7. The monoisotopic (exact) mass is 288 g/mol. The number of rotatable bonds is 5. The van der Waals surface area contributed by atoms with E-state index in [0.717, 1.165) is 13.1 Å². The van der Waals surface area contributed by atoms with Crippen molar-refractivity contribution in [3.05, 3.63) is 35.9 Å². The molecule has 0 aromatic heterocycles. The molecule has 4 atom stereocenters. The maximum absolute atomic E-state index is 12.6. The van der Waals surface area contributed by atoms with Crippen molar-refractivity contribution in [2.75, 3.05) is 19.6 Å². The van der Waals surface area contributed by atoms with Crippen molar-refractivity contribution >= 4 is 5.91 Å². The topological polar surface area (TPSA) is 61.4 Å². The number of nitrogens with one attached hydrogen (secondary N) is 2. The van der Waals surface area contributed by atoms with Gasteiger partial charge in [-0.05, 0) is 42.3 Å². The molecule has 21 heavy (non-hydrogen) atoms. The molecule has 1 heterocycles. The molecule has 3 rings (SSSR count). The van der Waals surface area contributed by atoms with Crippen LogP contribution in [0.4, 0.5) is 0 Å². The highest BCUT2D eigenvalue weighted by molar-refractivity contribution is 5.86. The quantitative estimate of drug-likeness (QED) is 0.761. The van der Waals surface area contributed by atoms with Crippen LogP contribution < -0.4 is 10.6 Å². The van der Waals surface area contributed by atoms with Gasteiger partial charge < -0.3 is 15.7 Å². The molecule has 1 aliphatic carbocycles. The predicted molar refractivity (Wildman–Crippen MR) is 81.5 cm³/mol. The second-order valence-electron chi connectivity index (χ2n) is 6.65. The van der Waals surface area contributed by atoms with Crippen LogP contribution in [0.3, 0.4) is 0 Å². The van der Waals surface area contributed by atoms with E-state index in [1.165, 1.54) is 0 Å². The molecule has 0 radical (unpaired) electrons. The molecule has 1 saturated carbocycles. The molecule has 0 spiro atoms. The summed E-state index contributed by atoms with van der Waals surface area (Å²) in [6.07, 6.45) is 0. The minimum absolute atomic E-state index is 0.180. The number of fused-ring (bicyclic) bond motifs is 1. The summed E-state index contributed by atoms with van der Waals surface area (Å²) >= 11 is 0. The standard InChI is InChI=1S/C17H24N2O2/c1-11(2)17(21,12-6-4-3-5-7-12)16(20)19-10-15-13-8-18-9-14(13)15/h3-7,11,13-15,18,21H,8-10H2,1-2H3,(H,19,20)/t13-,14?,15+,17?/m1/s1. The summed E-state index contributed by atoms with van der Waals surface area (Å²) in [6.45, 7) is 6.57. The van der Waals surface area contributed by atoms with Crippen LogP contribution in [0.25, 0.3) is 0 Å². The Bertz CT molecular complexity index is 507. The minimum Gasteiger partial charge on any atom is -0.375 e. The second-order valence-corrected chi connectivity index (χ2v) is 6.65. The van der Waals surface area contributed by atoms with Crippen LogP contribution >= 0.6 is 0 Å². The van der Waals surface area contributed by atoms with E-state index in [9.17, 15) is 9.90 Å². The van der Waals surface area contributed by atoms with Gasteiger partial charge in [0.05, 0.1) is 0 Å². The molecule has 4 heteroatoms. The van der Waals surface area contributed by atoms with Gasteiger partial charge in [-0.1, -0.05) is 44.2 Å². The van der Waals surface area contributed by atoms with E-state index in [1.54, 1.807) is 0 Å². The third-order valence-corrected chi connectivity index (χ3v) is 5.16. The molecular formula is C17H24N2O2. The Balaban J connectivity index is 1.67. The lowest BCUT2D eigenvalue weighted by Crippen LogP contribution is -2.48. The largest absolute Gasteiger partial charge is 0.375 e. The SMILES string of the molecule is CC(C)C(O)(C(=O)NC[C@@H]1C2CNC[C@H]21)c1ccccc1. The van der Waals surface area contributed by atoms with Crippen LogP contribution in [0.5, 0.6) is 0 Å². The molecule has 3 N–H and O–H groups in total. The highest BCUT2D eigenvalue weighted by Crippen LogP contribution is 2.48. The number of hydrogen-bond acceptors (Lipinski definition) is 3. The lowest BCUT2D eigenvalue weighted by atomic mass is 9.82. The number of carbonyl (C=O) groups is 1. The Kier molecular flexibility index (Phi) is 3.76. The lowest BCUT2D eigenvalue weighted by Gasteiger charge is -2.31. The summed E-state index contributed by atoms with van der Waals surface area (Å²) in [5, 5.41) is 17.3. The van der Waals surface area contributed by atoms with Crippen molar-refractivity contribution in [3.63, 3.8) is 0 Å². The van der Waals surface area contributed by atoms with Gasteiger partial charge in [0.15, 0.2) is 5.60 Å². The number of piperidine rings is 1. The van der Waals surface area contributed by atoms with Gasteiger partial charge >= 0.3 is 0 Å². The summed E-state index contributed by atoms with van der Waals surface area (Å²) in [5.74, 6) is 1.56. The fraction of sp³-hybridized carbons (Fsp3) is 0.588. The van der Waals surface area contributed by atoms with Gasteiger partial charge in [-0.3, -0.25) is 4.79 Å². The maximum atomic E-state index is 12.6. The average molecular weight is 288 g/mol. The first kappa shape index (κ1) is 14.5. The van der Waals surface area contributed by atoms with Gasteiger partial charge in [0, 0.05) is 6.54 Å². The third kappa shape index (κ3) is 2.47. The van der Waals surface area contributed by atoms with Crippen LogP contribution in [0.2, 0.25) is 0 Å². The molecule has 1 aromatic rings. The molecule has 0 bridgehead atoms. The highest BCUT2D eigenvalue weighted by Gasteiger charge is 2.53. The molecule has 2 unspecified atom stereocenters. The van der Waals surface area contributed by atoms with Crippen LogP contribution in [0.15, 0.2) is 30.3 Å². The fourth-order valence-corrected chi connectivity index (χ4v) is 3.61. The van der Waals surface area contributed by atoms with E-state index in [2.05, 4.69) is 10.6 Å². The Morgan fingerprint density at radius 3 is 2.52 bits per heavy atom. The molecule has 4 nitrogen and oxygen atoms in total. The summed E-state index contributed by atoms with van der Waals surface area (Å²) in [4.78, 5) is 12.6. The number of hydrogen-bond donors (Lipinski definition) is 3. The summed E-state index contributed by atoms with van der Waals surface area (Å²) < 4.78 is 0. The number of carbonyl (C=O) groups excluding carboxylic acids is 1. The molecule has 1 aromatic carbocycles. The van der Waals surface area contributed by atoms with E-state index in [-0.39, 0.29) is 11.8 Å². The van der Waals surface area contributed by atoms with E-state index < -0.39 is 5.60 Å². The molecule has 114 valence electrons. The molecule has 2 fully saturated rings. The first-order chi connectivity index (χ1) is 10.0. The molecular weight excluding hydrogens is 264 g/mol. The molecule has 1 amide bonds. The minimum atomic E-state index is -1.45. The normalized spacial score (nSPS) is 29.8. The van der Waals surface area contributed by atoms with Crippen molar-refractivity contribution < 1.29 is 9.90 Å².